The molecule has 0 aliphatic carbocycles. The van der Waals surface area contributed by atoms with Crippen molar-refractivity contribution in [1.82, 2.24) is 0 Å². The van der Waals surface area contributed by atoms with Crippen molar-refractivity contribution in [3.8, 4) is 0 Å². The van der Waals surface area contributed by atoms with Crippen LogP contribution >= 0.6 is 0 Å². The fraction of sp³-hybridized carbons (Fsp3) is 0.455. The zero-order chi connectivity index (χ0) is 9.68. The second-order valence-electron chi connectivity index (χ2n) is 3.33. The van der Waals surface area contributed by atoms with Gasteiger partial charge in [-0.15, -0.1) is 0 Å². The third kappa shape index (κ3) is 2.83. The summed E-state index contributed by atoms with van der Waals surface area (Å²) in [5.41, 5.74) is 8.39. The minimum atomic E-state index is 0.0633. The number of aliphatic hydroxyl groups excluding tert-OH is 1. The van der Waals surface area contributed by atoms with E-state index in [4.69, 9.17) is 10.8 Å². The summed E-state index contributed by atoms with van der Waals surface area (Å²) >= 11 is 0. The molecule has 1 aromatic rings. The molecule has 0 radical (unpaired) electrons. The number of aliphatic hydroxyl groups is 1. The molecule has 2 heteroatoms. The quantitative estimate of drug-likeness (QED) is 0.740. The molecule has 1 rings (SSSR count). The zero-order valence-corrected chi connectivity index (χ0v) is 8.03. The fourth-order valence-corrected chi connectivity index (χ4v) is 1.47. The largest absolute Gasteiger partial charge is 0.396 e. The molecule has 0 bridgehead atoms. The first-order valence-corrected chi connectivity index (χ1v) is 4.67. The van der Waals surface area contributed by atoms with E-state index in [1.54, 1.807) is 0 Å². The second-order valence-corrected chi connectivity index (χ2v) is 3.33. The predicted octanol–water partition coefficient (Wildman–Crippen LogP) is 1.77. The van der Waals surface area contributed by atoms with Crippen LogP contribution in [0.25, 0.3) is 0 Å². The third-order valence-electron chi connectivity index (χ3n) is 2.26. The number of hydrogen-bond donors (Lipinski definition) is 2. The van der Waals surface area contributed by atoms with Gasteiger partial charge in [-0.2, -0.15) is 0 Å². The van der Waals surface area contributed by atoms with Crippen LogP contribution in [-0.4, -0.2) is 11.7 Å². The first-order valence-electron chi connectivity index (χ1n) is 4.67. The molecule has 1 unspecified atom stereocenters. The summed E-state index contributed by atoms with van der Waals surface area (Å²) in [7, 11) is 0. The van der Waals surface area contributed by atoms with E-state index in [0.717, 1.165) is 12.8 Å². The second kappa shape index (κ2) is 5.00. The summed E-state index contributed by atoms with van der Waals surface area (Å²) in [6, 6.07) is 8.19. The molecule has 0 amide bonds. The zero-order valence-electron chi connectivity index (χ0n) is 8.03. The van der Waals surface area contributed by atoms with Gasteiger partial charge in [0.2, 0.25) is 0 Å². The molecule has 0 aromatic heterocycles. The van der Waals surface area contributed by atoms with Gasteiger partial charge >= 0.3 is 0 Å². The van der Waals surface area contributed by atoms with E-state index in [1.807, 2.05) is 12.1 Å². The molecule has 0 aliphatic heterocycles. The number of rotatable bonds is 4. The Morgan fingerprint density at radius 1 is 1.38 bits per heavy atom. The van der Waals surface area contributed by atoms with E-state index in [1.165, 1.54) is 11.1 Å². The fourth-order valence-electron chi connectivity index (χ4n) is 1.47. The lowest BCUT2D eigenvalue weighted by atomic mass is 9.99. The van der Waals surface area contributed by atoms with Crippen molar-refractivity contribution in [1.29, 1.82) is 0 Å². The first kappa shape index (κ1) is 10.2. The highest BCUT2D eigenvalue weighted by Gasteiger charge is 2.06. The Morgan fingerprint density at radius 3 is 2.69 bits per heavy atom. The van der Waals surface area contributed by atoms with Crippen LogP contribution in [0.4, 0.5) is 0 Å². The maximum Gasteiger partial charge on any atom is 0.0431 e. The van der Waals surface area contributed by atoms with E-state index < -0.39 is 0 Å². The first-order chi connectivity index (χ1) is 6.25. The van der Waals surface area contributed by atoms with Gasteiger partial charge in [0.1, 0.15) is 0 Å². The molecule has 0 spiro atoms. The molecule has 0 heterocycles. The minimum Gasteiger partial charge on any atom is -0.396 e. The van der Waals surface area contributed by atoms with Crippen molar-refractivity contribution in [2.24, 2.45) is 5.73 Å². The molecule has 0 saturated carbocycles. The van der Waals surface area contributed by atoms with Crippen molar-refractivity contribution in [3.63, 3.8) is 0 Å². The Morgan fingerprint density at radius 2 is 2.08 bits per heavy atom. The summed E-state index contributed by atoms with van der Waals surface area (Å²) < 4.78 is 0. The molecule has 2 nitrogen and oxygen atoms in total. The van der Waals surface area contributed by atoms with Gasteiger partial charge in [0.15, 0.2) is 0 Å². The Balaban J connectivity index is 2.65. The summed E-state index contributed by atoms with van der Waals surface area (Å²) in [4.78, 5) is 0. The number of aryl methyl sites for hydroxylation is 1. The molecule has 13 heavy (non-hydrogen) atoms. The van der Waals surface area contributed by atoms with Crippen LogP contribution in [0.3, 0.4) is 0 Å². The summed E-state index contributed by atoms with van der Waals surface area (Å²) in [6.07, 6.45) is 1.62. The third-order valence-corrected chi connectivity index (χ3v) is 2.26. The van der Waals surface area contributed by atoms with Crippen molar-refractivity contribution >= 4 is 0 Å². The molecule has 0 fully saturated rings. The van der Waals surface area contributed by atoms with Crippen LogP contribution in [0, 0.1) is 6.92 Å². The molecular formula is C11H17NO. The number of nitrogens with two attached hydrogens (primary N) is 1. The summed E-state index contributed by atoms with van der Waals surface area (Å²) in [6.45, 7) is 2.29. The van der Waals surface area contributed by atoms with Gasteiger partial charge < -0.3 is 10.8 Å². The van der Waals surface area contributed by atoms with Gasteiger partial charge in [-0.3, -0.25) is 0 Å². The molecule has 72 valence electrons. The van der Waals surface area contributed by atoms with E-state index >= 15 is 0 Å². The van der Waals surface area contributed by atoms with Crippen LogP contribution < -0.4 is 5.73 Å². The molecule has 1 aromatic carbocycles. The number of hydrogen-bond acceptors (Lipinski definition) is 2. The van der Waals surface area contributed by atoms with Crippen molar-refractivity contribution in [3.05, 3.63) is 35.4 Å². The van der Waals surface area contributed by atoms with Crippen LogP contribution in [-0.2, 0) is 0 Å². The van der Waals surface area contributed by atoms with Gasteiger partial charge in [0.05, 0.1) is 0 Å². The molecular weight excluding hydrogens is 162 g/mol. The van der Waals surface area contributed by atoms with Crippen molar-refractivity contribution < 1.29 is 5.11 Å². The van der Waals surface area contributed by atoms with E-state index in [-0.39, 0.29) is 12.6 Å². The molecule has 0 aliphatic rings. The highest BCUT2D eigenvalue weighted by molar-refractivity contribution is 5.28. The van der Waals surface area contributed by atoms with Gasteiger partial charge in [0, 0.05) is 12.6 Å². The maximum absolute atomic E-state index is 8.68. The standard InChI is InChI=1S/C11H17NO/c1-9-5-2-3-6-10(9)11(12)7-4-8-13/h2-3,5-6,11,13H,4,7-8,12H2,1H3. The highest BCUT2D eigenvalue weighted by Crippen LogP contribution is 2.18. The average molecular weight is 179 g/mol. The highest BCUT2D eigenvalue weighted by atomic mass is 16.2. The normalized spacial score (nSPS) is 12.8. The monoisotopic (exact) mass is 179 g/mol. The minimum absolute atomic E-state index is 0.0633. The lowest BCUT2D eigenvalue weighted by molar-refractivity contribution is 0.280. The Hall–Kier alpha value is -0.860. The van der Waals surface area contributed by atoms with Crippen molar-refractivity contribution in [2.75, 3.05) is 6.61 Å². The molecule has 1 atom stereocenters. The van der Waals surface area contributed by atoms with E-state index in [2.05, 4.69) is 19.1 Å². The van der Waals surface area contributed by atoms with Gasteiger partial charge in [-0.05, 0) is 30.9 Å². The summed E-state index contributed by atoms with van der Waals surface area (Å²) in [5.74, 6) is 0. The van der Waals surface area contributed by atoms with Gasteiger partial charge in [-0.1, -0.05) is 24.3 Å². The molecule has 3 N–H and O–H groups in total. The predicted molar refractivity (Wildman–Crippen MR) is 54.4 cm³/mol. The van der Waals surface area contributed by atoms with Gasteiger partial charge in [0.25, 0.3) is 0 Å². The van der Waals surface area contributed by atoms with Crippen LogP contribution in [0.15, 0.2) is 24.3 Å². The lowest BCUT2D eigenvalue weighted by Gasteiger charge is -2.13. The number of benzene rings is 1. The average Bonchev–Trinajstić information content (AvgIpc) is 2.15. The topological polar surface area (TPSA) is 46.2 Å². The lowest BCUT2D eigenvalue weighted by Crippen LogP contribution is -2.12. The molecule has 0 saturated heterocycles. The smallest absolute Gasteiger partial charge is 0.0431 e. The SMILES string of the molecule is Cc1ccccc1C(N)CCCO. The van der Waals surface area contributed by atoms with E-state index in [9.17, 15) is 0 Å². The van der Waals surface area contributed by atoms with Crippen LogP contribution in [0.2, 0.25) is 0 Å². The van der Waals surface area contributed by atoms with Crippen molar-refractivity contribution in [2.45, 2.75) is 25.8 Å². The Kier molecular flexibility index (Phi) is 3.93. The van der Waals surface area contributed by atoms with Crippen LogP contribution in [0.1, 0.15) is 30.0 Å². The maximum atomic E-state index is 8.68. The Bertz CT molecular complexity index is 260. The van der Waals surface area contributed by atoms with E-state index in [0.29, 0.717) is 0 Å². The Labute approximate surface area is 79.4 Å². The summed E-state index contributed by atoms with van der Waals surface area (Å²) in [5, 5.41) is 8.68. The van der Waals surface area contributed by atoms with Gasteiger partial charge in [-0.25, -0.2) is 0 Å². The van der Waals surface area contributed by atoms with Crippen LogP contribution in [0.5, 0.6) is 0 Å².